The van der Waals surface area contributed by atoms with Crippen LogP contribution in [0.3, 0.4) is 0 Å². The predicted octanol–water partition coefficient (Wildman–Crippen LogP) is 0.817. The summed E-state index contributed by atoms with van der Waals surface area (Å²) in [5, 5.41) is 5.34. The topological polar surface area (TPSA) is 58.2 Å². The Hall–Kier alpha value is -1.06. The van der Waals surface area contributed by atoms with Crippen LogP contribution in [0.25, 0.3) is 0 Å². The van der Waals surface area contributed by atoms with Gasteiger partial charge in [0.25, 0.3) is 0 Å². The van der Waals surface area contributed by atoms with Gasteiger partial charge in [-0.25, -0.2) is 4.79 Å². The molecule has 0 radical (unpaired) electrons. The molecule has 4 nitrogen and oxygen atoms in total. The molecule has 0 heterocycles. The van der Waals surface area contributed by atoms with Gasteiger partial charge in [0, 0.05) is 6.04 Å². The van der Waals surface area contributed by atoms with E-state index in [1.807, 2.05) is 0 Å². The Morgan fingerprint density at radius 1 is 1.31 bits per heavy atom. The van der Waals surface area contributed by atoms with Crippen LogP contribution in [-0.2, 0) is 4.79 Å². The zero-order valence-electron chi connectivity index (χ0n) is 7.93. The summed E-state index contributed by atoms with van der Waals surface area (Å²) < 4.78 is 0. The summed E-state index contributed by atoms with van der Waals surface area (Å²) in [7, 11) is 0. The molecule has 0 aromatic rings. The first-order valence-corrected chi connectivity index (χ1v) is 4.72. The second kappa shape index (κ2) is 4.84. The quantitative estimate of drug-likeness (QED) is 0.682. The second-order valence-electron chi connectivity index (χ2n) is 3.51. The summed E-state index contributed by atoms with van der Waals surface area (Å²) in [5.41, 5.74) is 0. The molecular weight excluding hydrogens is 168 g/mol. The van der Waals surface area contributed by atoms with Crippen LogP contribution < -0.4 is 10.6 Å². The first-order chi connectivity index (χ1) is 6.18. The van der Waals surface area contributed by atoms with Crippen LogP contribution in [0, 0.1) is 0 Å². The predicted molar refractivity (Wildman–Crippen MR) is 49.5 cm³/mol. The fraction of sp³-hybridized carbons (Fsp3) is 0.778. The highest BCUT2D eigenvalue weighted by molar-refractivity contribution is 5.83. The van der Waals surface area contributed by atoms with Gasteiger partial charge >= 0.3 is 6.03 Å². The van der Waals surface area contributed by atoms with Crippen molar-refractivity contribution in [2.24, 2.45) is 0 Å². The molecule has 0 unspecified atom stereocenters. The zero-order chi connectivity index (χ0) is 9.68. The Balaban J connectivity index is 2.13. The minimum atomic E-state index is -0.220. The fourth-order valence-electron chi connectivity index (χ4n) is 1.51. The third kappa shape index (κ3) is 3.92. The number of urea groups is 1. The monoisotopic (exact) mass is 184 g/mol. The molecule has 1 aliphatic rings. The van der Waals surface area contributed by atoms with Gasteiger partial charge in [0.1, 0.15) is 5.78 Å². The second-order valence-corrected chi connectivity index (χ2v) is 3.51. The summed E-state index contributed by atoms with van der Waals surface area (Å²) >= 11 is 0. The highest BCUT2D eigenvalue weighted by Crippen LogP contribution is 2.17. The van der Waals surface area contributed by atoms with E-state index in [0.29, 0.717) is 6.04 Å². The number of carbonyl (C=O) groups is 2. The molecular formula is C9H16N2O2. The van der Waals surface area contributed by atoms with E-state index in [1.54, 1.807) is 0 Å². The maximum Gasteiger partial charge on any atom is 0.315 e. The maximum absolute atomic E-state index is 11.1. The number of rotatable bonds is 3. The van der Waals surface area contributed by atoms with Gasteiger partial charge in [-0.05, 0) is 19.8 Å². The molecule has 2 N–H and O–H groups in total. The molecule has 0 spiro atoms. The van der Waals surface area contributed by atoms with Gasteiger partial charge in [0.2, 0.25) is 0 Å². The van der Waals surface area contributed by atoms with Crippen molar-refractivity contribution in [3.05, 3.63) is 0 Å². The standard InChI is InChI=1S/C9H16N2O2/c1-7(12)6-10-9(13)11-8-4-2-3-5-8/h8H,2-6H2,1H3,(H2,10,11,13). The van der Waals surface area contributed by atoms with Crippen molar-refractivity contribution in [3.8, 4) is 0 Å². The SMILES string of the molecule is CC(=O)CNC(=O)NC1CCCC1. The van der Waals surface area contributed by atoms with Crippen molar-refractivity contribution in [1.29, 1.82) is 0 Å². The molecule has 0 aliphatic heterocycles. The third-order valence-electron chi connectivity index (χ3n) is 2.19. The molecule has 74 valence electrons. The summed E-state index contributed by atoms with van der Waals surface area (Å²) in [6.07, 6.45) is 4.51. The van der Waals surface area contributed by atoms with Crippen LogP contribution in [0.2, 0.25) is 0 Å². The molecule has 0 aromatic heterocycles. The number of amides is 2. The van der Waals surface area contributed by atoms with Gasteiger partial charge in [0.05, 0.1) is 6.54 Å². The first-order valence-electron chi connectivity index (χ1n) is 4.72. The normalized spacial score (nSPS) is 17.0. The van der Waals surface area contributed by atoms with E-state index < -0.39 is 0 Å². The van der Waals surface area contributed by atoms with Crippen molar-refractivity contribution in [2.45, 2.75) is 38.6 Å². The Bertz CT molecular complexity index is 198. The zero-order valence-corrected chi connectivity index (χ0v) is 7.93. The largest absolute Gasteiger partial charge is 0.335 e. The number of carbonyl (C=O) groups excluding carboxylic acids is 2. The Labute approximate surface area is 78.1 Å². The van der Waals surface area contributed by atoms with E-state index in [0.717, 1.165) is 12.8 Å². The number of Topliss-reactive ketones (excluding diaryl/α,β-unsaturated/α-hetero) is 1. The molecule has 1 aliphatic carbocycles. The van der Waals surface area contributed by atoms with E-state index in [-0.39, 0.29) is 18.4 Å². The molecule has 0 atom stereocenters. The van der Waals surface area contributed by atoms with Gasteiger partial charge in [0.15, 0.2) is 0 Å². The Morgan fingerprint density at radius 3 is 2.46 bits per heavy atom. The maximum atomic E-state index is 11.1. The van der Waals surface area contributed by atoms with E-state index in [1.165, 1.54) is 19.8 Å². The number of hydrogen-bond donors (Lipinski definition) is 2. The third-order valence-corrected chi connectivity index (χ3v) is 2.19. The van der Waals surface area contributed by atoms with Crippen LogP contribution in [0.4, 0.5) is 4.79 Å². The van der Waals surface area contributed by atoms with Gasteiger partial charge in [-0.1, -0.05) is 12.8 Å². The summed E-state index contributed by atoms with van der Waals surface area (Å²) in [5.74, 6) is -0.0263. The minimum Gasteiger partial charge on any atom is -0.335 e. The van der Waals surface area contributed by atoms with E-state index >= 15 is 0 Å². The lowest BCUT2D eigenvalue weighted by Crippen LogP contribution is -2.42. The van der Waals surface area contributed by atoms with E-state index in [2.05, 4.69) is 10.6 Å². The molecule has 2 amide bonds. The summed E-state index contributed by atoms with van der Waals surface area (Å²) in [6.45, 7) is 1.58. The van der Waals surface area contributed by atoms with Gasteiger partial charge in [-0.3, -0.25) is 4.79 Å². The van der Waals surface area contributed by atoms with Crippen LogP contribution in [0.1, 0.15) is 32.6 Å². The van der Waals surface area contributed by atoms with Gasteiger partial charge in [-0.2, -0.15) is 0 Å². The van der Waals surface area contributed by atoms with Crippen LogP contribution in [0.15, 0.2) is 0 Å². The smallest absolute Gasteiger partial charge is 0.315 e. The van der Waals surface area contributed by atoms with E-state index in [9.17, 15) is 9.59 Å². The molecule has 1 fully saturated rings. The van der Waals surface area contributed by atoms with Crippen molar-refractivity contribution in [2.75, 3.05) is 6.54 Å². The van der Waals surface area contributed by atoms with Crippen LogP contribution >= 0.6 is 0 Å². The van der Waals surface area contributed by atoms with Gasteiger partial charge < -0.3 is 10.6 Å². The van der Waals surface area contributed by atoms with E-state index in [4.69, 9.17) is 0 Å². The number of hydrogen-bond acceptors (Lipinski definition) is 2. The summed E-state index contributed by atoms with van der Waals surface area (Å²) in [6, 6.07) is 0.0917. The highest BCUT2D eigenvalue weighted by Gasteiger charge is 2.16. The molecule has 0 bridgehead atoms. The number of nitrogens with one attached hydrogen (secondary N) is 2. The lowest BCUT2D eigenvalue weighted by Gasteiger charge is -2.11. The molecule has 4 heteroatoms. The minimum absolute atomic E-state index is 0.0263. The van der Waals surface area contributed by atoms with Crippen molar-refractivity contribution >= 4 is 11.8 Å². The van der Waals surface area contributed by atoms with Crippen molar-refractivity contribution < 1.29 is 9.59 Å². The van der Waals surface area contributed by atoms with Crippen molar-refractivity contribution in [3.63, 3.8) is 0 Å². The van der Waals surface area contributed by atoms with Crippen LogP contribution in [0.5, 0.6) is 0 Å². The molecule has 0 saturated heterocycles. The Kier molecular flexibility index (Phi) is 3.73. The average Bonchev–Trinajstić information content (AvgIpc) is 2.53. The van der Waals surface area contributed by atoms with Crippen LogP contribution in [-0.4, -0.2) is 24.4 Å². The lowest BCUT2D eigenvalue weighted by atomic mass is 10.2. The fourth-order valence-corrected chi connectivity index (χ4v) is 1.51. The molecule has 0 aromatic carbocycles. The number of ketones is 1. The Morgan fingerprint density at radius 2 is 1.92 bits per heavy atom. The lowest BCUT2D eigenvalue weighted by molar-refractivity contribution is -0.116. The van der Waals surface area contributed by atoms with Gasteiger partial charge in [-0.15, -0.1) is 0 Å². The molecule has 13 heavy (non-hydrogen) atoms. The molecule has 1 saturated carbocycles. The average molecular weight is 184 g/mol. The highest BCUT2D eigenvalue weighted by atomic mass is 16.2. The summed E-state index contributed by atoms with van der Waals surface area (Å²) in [4.78, 5) is 21.7. The molecule has 1 rings (SSSR count). The first kappa shape index (κ1) is 10.0. The van der Waals surface area contributed by atoms with Crippen molar-refractivity contribution in [1.82, 2.24) is 10.6 Å².